The molecule has 2 aliphatic rings. The molecule has 2 aliphatic carbocycles. The van der Waals surface area contributed by atoms with Gasteiger partial charge in [0.15, 0.2) is 0 Å². The summed E-state index contributed by atoms with van der Waals surface area (Å²) in [7, 11) is -1.46. The highest BCUT2D eigenvalue weighted by Gasteiger charge is 2.38. The van der Waals surface area contributed by atoms with Crippen LogP contribution in [0.5, 0.6) is 0 Å². The molecular formula is C16H24Si. The average molecular weight is 244 g/mol. The van der Waals surface area contributed by atoms with E-state index in [0.29, 0.717) is 11.8 Å². The summed E-state index contributed by atoms with van der Waals surface area (Å²) in [5, 5.41) is 3.48. The Balaban J connectivity index is 2.46. The minimum Gasteiger partial charge on any atom is -0.0777 e. The van der Waals surface area contributed by atoms with E-state index < -0.39 is 8.07 Å². The Bertz CT molecular complexity index is 416. The molecule has 17 heavy (non-hydrogen) atoms. The van der Waals surface area contributed by atoms with E-state index in [-0.39, 0.29) is 0 Å². The number of hydrogen-bond donors (Lipinski definition) is 0. The Morgan fingerprint density at radius 3 is 1.41 bits per heavy atom. The van der Waals surface area contributed by atoms with Gasteiger partial charge in [-0.25, -0.2) is 0 Å². The molecule has 0 fully saturated rings. The van der Waals surface area contributed by atoms with E-state index in [2.05, 4.69) is 65.1 Å². The molecule has 0 nitrogen and oxygen atoms in total. The molecule has 0 bridgehead atoms. The summed E-state index contributed by atoms with van der Waals surface area (Å²) >= 11 is 0. The lowest BCUT2D eigenvalue weighted by molar-refractivity contribution is 0.889. The maximum absolute atomic E-state index is 2.53. The second-order valence-electron chi connectivity index (χ2n) is 6.11. The highest BCUT2D eigenvalue weighted by Crippen LogP contribution is 2.42. The quantitative estimate of drug-likeness (QED) is 0.611. The van der Waals surface area contributed by atoms with Gasteiger partial charge in [0.05, 0.1) is 0 Å². The molecule has 0 radical (unpaired) electrons. The zero-order chi connectivity index (χ0) is 12.8. The SMILES string of the molecule is CC1=C([Si](C)(C)C2=C(C)C=CC2C)C(C)C=C1. The molecule has 0 N–H and O–H groups in total. The fraction of sp³-hybridized carbons (Fsp3) is 0.500. The predicted molar refractivity (Wildman–Crippen MR) is 79.5 cm³/mol. The second-order valence-corrected chi connectivity index (χ2v) is 10.4. The molecule has 2 rings (SSSR count). The van der Waals surface area contributed by atoms with Crippen molar-refractivity contribution in [3.63, 3.8) is 0 Å². The van der Waals surface area contributed by atoms with Crippen molar-refractivity contribution in [3.05, 3.63) is 45.8 Å². The van der Waals surface area contributed by atoms with Crippen molar-refractivity contribution in [1.29, 1.82) is 0 Å². The molecular weight excluding hydrogens is 220 g/mol. The zero-order valence-corrected chi connectivity index (χ0v) is 13.0. The topological polar surface area (TPSA) is 0 Å². The van der Waals surface area contributed by atoms with Gasteiger partial charge in [-0.2, -0.15) is 0 Å². The van der Waals surface area contributed by atoms with Gasteiger partial charge in [0, 0.05) is 0 Å². The fourth-order valence-corrected chi connectivity index (χ4v) is 8.83. The van der Waals surface area contributed by atoms with Gasteiger partial charge in [-0.05, 0) is 25.7 Å². The molecule has 92 valence electrons. The van der Waals surface area contributed by atoms with Crippen molar-refractivity contribution in [3.8, 4) is 0 Å². The molecule has 0 aromatic heterocycles. The van der Waals surface area contributed by atoms with Crippen LogP contribution in [0, 0.1) is 11.8 Å². The van der Waals surface area contributed by atoms with Gasteiger partial charge in [0.2, 0.25) is 0 Å². The monoisotopic (exact) mass is 244 g/mol. The summed E-state index contributed by atoms with van der Waals surface area (Å²) in [6, 6.07) is 0. The largest absolute Gasteiger partial charge is 0.105 e. The fourth-order valence-electron chi connectivity index (χ4n) is 3.94. The van der Waals surface area contributed by atoms with E-state index in [9.17, 15) is 0 Å². The average Bonchev–Trinajstić information content (AvgIpc) is 2.71. The number of hydrogen-bond acceptors (Lipinski definition) is 0. The van der Waals surface area contributed by atoms with Gasteiger partial charge in [0.25, 0.3) is 0 Å². The van der Waals surface area contributed by atoms with Gasteiger partial charge in [0.1, 0.15) is 8.07 Å². The second kappa shape index (κ2) is 4.13. The molecule has 0 aromatic carbocycles. The van der Waals surface area contributed by atoms with Crippen LogP contribution in [0.25, 0.3) is 0 Å². The predicted octanol–water partition coefficient (Wildman–Crippen LogP) is 4.82. The van der Waals surface area contributed by atoms with E-state index >= 15 is 0 Å². The normalized spacial score (nSPS) is 28.8. The standard InChI is InChI=1S/C16H24Si/c1-11-7-8-12(2)15(11)17(5,6)16-13(3)9-10-14(16)4/h7-11,13H,1-6H3. The smallest absolute Gasteiger partial charge is 0.0777 e. The van der Waals surface area contributed by atoms with E-state index in [1.807, 2.05) is 0 Å². The molecule has 1 heteroatoms. The third-order valence-electron chi connectivity index (χ3n) is 4.38. The van der Waals surface area contributed by atoms with Crippen LogP contribution in [0.2, 0.25) is 13.1 Å². The summed E-state index contributed by atoms with van der Waals surface area (Å²) < 4.78 is 0. The summed E-state index contributed by atoms with van der Waals surface area (Å²) in [5.74, 6) is 1.29. The molecule has 0 saturated carbocycles. The summed E-state index contributed by atoms with van der Waals surface area (Å²) in [5.41, 5.74) is 3.04. The van der Waals surface area contributed by atoms with Crippen LogP contribution >= 0.6 is 0 Å². The van der Waals surface area contributed by atoms with Crippen molar-refractivity contribution in [2.75, 3.05) is 0 Å². The highest BCUT2D eigenvalue weighted by atomic mass is 28.3. The van der Waals surface area contributed by atoms with Crippen LogP contribution in [0.1, 0.15) is 27.7 Å². The molecule has 0 heterocycles. The number of allylic oxidation sites excluding steroid dienone is 8. The highest BCUT2D eigenvalue weighted by molar-refractivity contribution is 6.91. The number of rotatable bonds is 2. The summed E-state index contributed by atoms with van der Waals surface area (Å²) in [6.45, 7) is 14.3. The first-order valence-corrected chi connectivity index (χ1v) is 9.64. The Labute approximate surface area is 107 Å². The van der Waals surface area contributed by atoms with Crippen molar-refractivity contribution in [1.82, 2.24) is 0 Å². The minimum absolute atomic E-state index is 0.643. The lowest BCUT2D eigenvalue weighted by Gasteiger charge is -2.33. The van der Waals surface area contributed by atoms with Gasteiger partial charge < -0.3 is 0 Å². The Morgan fingerprint density at radius 2 is 1.18 bits per heavy atom. The summed E-state index contributed by atoms with van der Waals surface area (Å²) in [4.78, 5) is 0. The third-order valence-corrected chi connectivity index (χ3v) is 8.77. The first-order chi connectivity index (χ1) is 7.85. The van der Waals surface area contributed by atoms with E-state index in [0.717, 1.165) is 0 Å². The molecule has 0 spiro atoms. The van der Waals surface area contributed by atoms with E-state index in [1.165, 1.54) is 11.1 Å². The van der Waals surface area contributed by atoms with Crippen molar-refractivity contribution < 1.29 is 0 Å². The Morgan fingerprint density at radius 1 is 0.824 bits per heavy atom. The van der Waals surface area contributed by atoms with Gasteiger partial charge in [-0.15, -0.1) is 0 Å². The van der Waals surface area contributed by atoms with Crippen LogP contribution in [0.15, 0.2) is 45.8 Å². The van der Waals surface area contributed by atoms with Crippen molar-refractivity contribution in [2.45, 2.75) is 40.8 Å². The van der Waals surface area contributed by atoms with E-state index in [1.54, 1.807) is 10.4 Å². The maximum atomic E-state index is 2.53. The lowest BCUT2D eigenvalue weighted by atomic mass is 10.2. The van der Waals surface area contributed by atoms with Crippen LogP contribution in [-0.4, -0.2) is 8.07 Å². The first-order valence-electron chi connectivity index (χ1n) is 6.64. The lowest BCUT2D eigenvalue weighted by Crippen LogP contribution is -2.37. The van der Waals surface area contributed by atoms with Crippen LogP contribution < -0.4 is 0 Å². The third kappa shape index (κ3) is 1.91. The molecule has 0 aliphatic heterocycles. The molecule has 0 saturated heterocycles. The maximum Gasteiger partial charge on any atom is 0.105 e. The molecule has 2 atom stereocenters. The van der Waals surface area contributed by atoms with Crippen LogP contribution in [0.3, 0.4) is 0 Å². The van der Waals surface area contributed by atoms with Gasteiger partial charge in [-0.3, -0.25) is 0 Å². The molecule has 0 aromatic rings. The Kier molecular flexibility index (Phi) is 3.07. The minimum atomic E-state index is -1.46. The Hall–Kier alpha value is -0.823. The van der Waals surface area contributed by atoms with E-state index in [4.69, 9.17) is 0 Å². The van der Waals surface area contributed by atoms with Crippen molar-refractivity contribution in [2.24, 2.45) is 11.8 Å². The molecule has 0 amide bonds. The van der Waals surface area contributed by atoms with Gasteiger partial charge >= 0.3 is 0 Å². The van der Waals surface area contributed by atoms with Crippen LogP contribution in [0.4, 0.5) is 0 Å². The van der Waals surface area contributed by atoms with Crippen molar-refractivity contribution >= 4 is 8.07 Å². The van der Waals surface area contributed by atoms with Crippen LogP contribution in [-0.2, 0) is 0 Å². The zero-order valence-electron chi connectivity index (χ0n) is 12.0. The first kappa shape index (κ1) is 12.6. The summed E-state index contributed by atoms with van der Waals surface area (Å²) in [6.07, 6.45) is 9.36. The molecule has 2 unspecified atom stereocenters. The van der Waals surface area contributed by atoms with Gasteiger partial charge in [-0.1, -0.05) is 72.8 Å².